The summed E-state index contributed by atoms with van der Waals surface area (Å²) in [5.41, 5.74) is 1.74. The molecule has 6 heteroatoms. The molecule has 3 aromatic rings. The molecule has 1 aliphatic carbocycles. The highest BCUT2D eigenvalue weighted by molar-refractivity contribution is 5.96. The van der Waals surface area contributed by atoms with E-state index in [0.29, 0.717) is 22.5 Å². The molecule has 1 amide bonds. The number of nitrogens with zero attached hydrogens (tertiary/aromatic N) is 3. The van der Waals surface area contributed by atoms with Crippen LogP contribution in [0.4, 0.5) is 8.78 Å². The minimum Gasteiger partial charge on any atom is -0.329 e. The van der Waals surface area contributed by atoms with Crippen molar-refractivity contribution in [3.63, 3.8) is 0 Å². The Morgan fingerprint density at radius 3 is 2.39 bits per heavy atom. The molecule has 1 unspecified atom stereocenters. The SMILES string of the molecule is Cc1c(C(=O)N(C2CC2)C(C)c2ccccc2F)cnn1-c1ccccc1F. The molecular formula is C22H21F2N3O. The van der Waals surface area contributed by atoms with Crippen LogP contribution in [0, 0.1) is 18.6 Å². The number of hydrogen-bond donors (Lipinski definition) is 0. The summed E-state index contributed by atoms with van der Waals surface area (Å²) in [6.45, 7) is 3.58. The maximum absolute atomic E-state index is 14.3. The van der Waals surface area contributed by atoms with Gasteiger partial charge < -0.3 is 4.90 Å². The smallest absolute Gasteiger partial charge is 0.258 e. The normalized spacial score (nSPS) is 14.7. The maximum Gasteiger partial charge on any atom is 0.258 e. The second-order valence-corrected chi connectivity index (χ2v) is 7.15. The number of carbonyl (C=O) groups is 1. The van der Waals surface area contributed by atoms with Gasteiger partial charge in [0.05, 0.1) is 23.5 Å². The van der Waals surface area contributed by atoms with Crippen molar-refractivity contribution in [3.05, 3.63) is 83.2 Å². The maximum atomic E-state index is 14.3. The van der Waals surface area contributed by atoms with Crippen molar-refractivity contribution in [2.45, 2.75) is 38.8 Å². The first-order valence-corrected chi connectivity index (χ1v) is 9.35. The summed E-state index contributed by atoms with van der Waals surface area (Å²) in [4.78, 5) is 15.1. The fourth-order valence-electron chi connectivity index (χ4n) is 3.60. The Balaban J connectivity index is 1.70. The molecule has 1 aliphatic rings. The second kappa shape index (κ2) is 7.19. The molecule has 4 rings (SSSR count). The van der Waals surface area contributed by atoms with E-state index in [4.69, 9.17) is 0 Å². The van der Waals surface area contributed by atoms with Crippen molar-refractivity contribution in [1.82, 2.24) is 14.7 Å². The number of benzene rings is 2. The van der Waals surface area contributed by atoms with Crippen LogP contribution in [0.15, 0.2) is 54.7 Å². The van der Waals surface area contributed by atoms with Gasteiger partial charge in [0.1, 0.15) is 17.3 Å². The Hall–Kier alpha value is -3.02. The largest absolute Gasteiger partial charge is 0.329 e. The molecule has 144 valence electrons. The molecule has 1 atom stereocenters. The van der Waals surface area contributed by atoms with Gasteiger partial charge in [0, 0.05) is 11.6 Å². The highest BCUT2D eigenvalue weighted by Crippen LogP contribution is 2.36. The van der Waals surface area contributed by atoms with Gasteiger partial charge in [-0.2, -0.15) is 5.10 Å². The molecule has 0 spiro atoms. The first-order valence-electron chi connectivity index (χ1n) is 9.35. The van der Waals surface area contributed by atoms with Gasteiger partial charge in [-0.15, -0.1) is 0 Å². The Bertz CT molecular complexity index is 1030. The zero-order valence-corrected chi connectivity index (χ0v) is 15.8. The molecule has 1 heterocycles. The van der Waals surface area contributed by atoms with Crippen LogP contribution < -0.4 is 0 Å². The summed E-state index contributed by atoms with van der Waals surface area (Å²) >= 11 is 0. The van der Waals surface area contributed by atoms with Crippen LogP contribution in [0.2, 0.25) is 0 Å². The lowest BCUT2D eigenvalue weighted by atomic mass is 10.0. The van der Waals surface area contributed by atoms with E-state index in [2.05, 4.69) is 5.10 Å². The fraction of sp³-hybridized carbons (Fsp3) is 0.273. The van der Waals surface area contributed by atoms with Crippen LogP contribution in [0.1, 0.15) is 47.4 Å². The lowest BCUT2D eigenvalue weighted by Gasteiger charge is -2.30. The van der Waals surface area contributed by atoms with Gasteiger partial charge in [-0.1, -0.05) is 30.3 Å². The number of hydrogen-bond acceptors (Lipinski definition) is 2. The van der Waals surface area contributed by atoms with E-state index < -0.39 is 11.9 Å². The molecule has 0 saturated heterocycles. The Morgan fingerprint density at radius 1 is 1.11 bits per heavy atom. The molecule has 4 nitrogen and oxygen atoms in total. The summed E-state index contributed by atoms with van der Waals surface area (Å²) in [5.74, 6) is -0.947. The number of halogens is 2. The van der Waals surface area contributed by atoms with E-state index in [1.165, 1.54) is 23.0 Å². The first kappa shape index (κ1) is 18.3. The van der Waals surface area contributed by atoms with Crippen LogP contribution in [0.5, 0.6) is 0 Å². The van der Waals surface area contributed by atoms with E-state index in [1.54, 1.807) is 48.2 Å². The first-order chi connectivity index (χ1) is 13.5. The monoisotopic (exact) mass is 381 g/mol. The quantitative estimate of drug-likeness (QED) is 0.635. The Labute approximate surface area is 162 Å². The van der Waals surface area contributed by atoms with E-state index in [1.807, 2.05) is 6.92 Å². The third-order valence-corrected chi connectivity index (χ3v) is 5.27. The third kappa shape index (κ3) is 3.19. The van der Waals surface area contributed by atoms with Crippen molar-refractivity contribution in [2.24, 2.45) is 0 Å². The van der Waals surface area contributed by atoms with Crippen LogP contribution >= 0.6 is 0 Å². The zero-order valence-electron chi connectivity index (χ0n) is 15.8. The molecule has 1 fully saturated rings. The van der Waals surface area contributed by atoms with Crippen LogP contribution in [0.25, 0.3) is 5.69 Å². The van der Waals surface area contributed by atoms with Crippen molar-refractivity contribution in [1.29, 1.82) is 0 Å². The van der Waals surface area contributed by atoms with Crippen molar-refractivity contribution >= 4 is 5.91 Å². The highest BCUT2D eigenvalue weighted by atomic mass is 19.1. The van der Waals surface area contributed by atoms with Gasteiger partial charge in [0.2, 0.25) is 0 Å². The van der Waals surface area contributed by atoms with Crippen LogP contribution in [-0.4, -0.2) is 26.6 Å². The molecule has 2 aromatic carbocycles. The van der Waals surface area contributed by atoms with Crippen LogP contribution in [0.3, 0.4) is 0 Å². The van der Waals surface area contributed by atoms with Crippen molar-refractivity contribution in [3.8, 4) is 5.69 Å². The van der Waals surface area contributed by atoms with Crippen LogP contribution in [-0.2, 0) is 0 Å². The molecule has 28 heavy (non-hydrogen) atoms. The van der Waals surface area contributed by atoms with Gasteiger partial charge in [-0.25, -0.2) is 13.5 Å². The van der Waals surface area contributed by atoms with Gasteiger partial charge in [0.25, 0.3) is 5.91 Å². The number of carbonyl (C=O) groups excluding carboxylic acids is 1. The van der Waals surface area contributed by atoms with Crippen molar-refractivity contribution in [2.75, 3.05) is 0 Å². The average molecular weight is 381 g/mol. The average Bonchev–Trinajstić information content (AvgIpc) is 3.44. The van der Waals surface area contributed by atoms with E-state index in [-0.39, 0.29) is 17.8 Å². The topological polar surface area (TPSA) is 38.1 Å². The van der Waals surface area contributed by atoms with Gasteiger partial charge in [-0.3, -0.25) is 4.79 Å². The zero-order chi connectivity index (χ0) is 19.8. The summed E-state index contributed by atoms with van der Waals surface area (Å²) in [7, 11) is 0. The van der Waals surface area contributed by atoms with Gasteiger partial charge >= 0.3 is 0 Å². The number of rotatable bonds is 5. The predicted octanol–water partition coefficient (Wildman–Crippen LogP) is 4.82. The molecule has 0 aliphatic heterocycles. The van der Waals surface area contributed by atoms with Crippen molar-refractivity contribution < 1.29 is 13.6 Å². The fourth-order valence-corrected chi connectivity index (χ4v) is 3.60. The number of amides is 1. The third-order valence-electron chi connectivity index (χ3n) is 5.27. The van der Waals surface area contributed by atoms with E-state index in [0.717, 1.165) is 12.8 Å². The summed E-state index contributed by atoms with van der Waals surface area (Å²) < 4.78 is 29.9. The van der Waals surface area contributed by atoms with Gasteiger partial charge in [0.15, 0.2) is 0 Å². The van der Waals surface area contributed by atoms with Gasteiger partial charge in [-0.05, 0) is 44.9 Å². The minimum atomic E-state index is -0.411. The summed E-state index contributed by atoms with van der Waals surface area (Å²) in [6, 6.07) is 12.5. The predicted molar refractivity (Wildman–Crippen MR) is 102 cm³/mol. The molecule has 0 bridgehead atoms. The Kier molecular flexibility index (Phi) is 4.71. The second-order valence-electron chi connectivity index (χ2n) is 7.15. The summed E-state index contributed by atoms with van der Waals surface area (Å²) in [6.07, 6.45) is 3.25. The van der Waals surface area contributed by atoms with E-state index in [9.17, 15) is 13.6 Å². The highest BCUT2D eigenvalue weighted by Gasteiger charge is 2.38. The number of para-hydroxylation sites is 1. The van der Waals surface area contributed by atoms with E-state index >= 15 is 0 Å². The molecule has 0 radical (unpaired) electrons. The molecule has 1 saturated carbocycles. The summed E-state index contributed by atoms with van der Waals surface area (Å²) in [5, 5.41) is 4.23. The lowest BCUT2D eigenvalue weighted by Crippen LogP contribution is -2.36. The molecule has 0 N–H and O–H groups in total. The molecule has 1 aromatic heterocycles. The lowest BCUT2D eigenvalue weighted by molar-refractivity contribution is 0.0670. The number of aromatic nitrogens is 2. The standard InChI is InChI=1S/C22H21F2N3O/c1-14(17-7-3-4-8-19(17)23)26(16-11-12-16)22(28)18-13-25-27(15(18)2)21-10-6-5-9-20(21)24/h3-10,13-14,16H,11-12H2,1-2H3. The molecular weight excluding hydrogens is 360 g/mol. The minimum absolute atomic E-state index is 0.0818. The Morgan fingerprint density at radius 2 is 1.75 bits per heavy atom.